The Balaban J connectivity index is 1.72. The Morgan fingerprint density at radius 3 is 1.16 bits per heavy atom. The highest BCUT2D eigenvalue weighted by atomic mass is 32.2. The largest absolute Gasteiger partial charge is 0.292 e. The van der Waals surface area contributed by atoms with Crippen LogP contribution in [0.3, 0.4) is 0 Å². The van der Waals surface area contributed by atoms with Gasteiger partial charge in [0.05, 0.1) is 0 Å². The standard InChI is InChI=1S/C28H18O2S2/c29-25-21-15-7-9-17-23(21)31-27(25,19-11-3-1-4-12-19)28(20-13-5-2-6-14-20)26(30)22-16-8-10-18-24(22)32-28/h1-18H/t27-,28+. The van der Waals surface area contributed by atoms with Gasteiger partial charge in [-0.1, -0.05) is 97.1 Å². The second kappa shape index (κ2) is 7.22. The second-order valence-electron chi connectivity index (χ2n) is 7.95. The smallest absolute Gasteiger partial charge is 0.187 e. The van der Waals surface area contributed by atoms with E-state index in [1.807, 2.05) is 109 Å². The third kappa shape index (κ3) is 2.45. The third-order valence-corrected chi connectivity index (χ3v) is 9.63. The lowest BCUT2D eigenvalue weighted by Gasteiger charge is -2.43. The zero-order valence-corrected chi connectivity index (χ0v) is 18.7. The minimum Gasteiger partial charge on any atom is -0.292 e. The molecule has 32 heavy (non-hydrogen) atoms. The highest BCUT2D eigenvalue weighted by Gasteiger charge is 2.68. The fourth-order valence-electron chi connectivity index (χ4n) is 4.88. The van der Waals surface area contributed by atoms with Gasteiger partial charge in [-0.2, -0.15) is 0 Å². The first kappa shape index (κ1) is 19.6. The van der Waals surface area contributed by atoms with Crippen molar-refractivity contribution in [2.45, 2.75) is 19.3 Å². The Morgan fingerprint density at radius 2 is 0.781 bits per heavy atom. The van der Waals surface area contributed by atoms with Crippen LogP contribution in [0, 0.1) is 0 Å². The van der Waals surface area contributed by atoms with Gasteiger partial charge in [0.15, 0.2) is 11.6 Å². The molecule has 0 spiro atoms. The Hall–Kier alpha value is -3.08. The van der Waals surface area contributed by atoms with Crippen LogP contribution in [0.4, 0.5) is 0 Å². The number of rotatable bonds is 3. The maximum Gasteiger partial charge on any atom is 0.187 e. The van der Waals surface area contributed by atoms with Gasteiger partial charge in [-0.05, 0) is 23.3 Å². The lowest BCUT2D eigenvalue weighted by atomic mass is 9.72. The van der Waals surface area contributed by atoms with Gasteiger partial charge in [-0.3, -0.25) is 9.59 Å². The number of hydrogen-bond donors (Lipinski definition) is 0. The number of ketones is 2. The monoisotopic (exact) mass is 450 g/mol. The first-order valence-electron chi connectivity index (χ1n) is 10.5. The summed E-state index contributed by atoms with van der Waals surface area (Å²) >= 11 is 3.04. The van der Waals surface area contributed by atoms with E-state index in [1.54, 1.807) is 0 Å². The van der Waals surface area contributed by atoms with E-state index in [4.69, 9.17) is 0 Å². The topological polar surface area (TPSA) is 34.1 Å². The summed E-state index contributed by atoms with van der Waals surface area (Å²) in [6.07, 6.45) is 0. The molecule has 2 aliphatic heterocycles. The van der Waals surface area contributed by atoms with Gasteiger partial charge in [0.1, 0.15) is 9.49 Å². The molecule has 0 amide bonds. The van der Waals surface area contributed by atoms with E-state index >= 15 is 0 Å². The molecule has 0 saturated heterocycles. The molecule has 4 heteroatoms. The van der Waals surface area contributed by atoms with Crippen LogP contribution >= 0.6 is 23.5 Å². The van der Waals surface area contributed by atoms with Crippen molar-refractivity contribution in [2.75, 3.05) is 0 Å². The minimum absolute atomic E-state index is 0.0122. The molecule has 154 valence electrons. The Kier molecular flexibility index (Phi) is 4.42. The van der Waals surface area contributed by atoms with Crippen LogP contribution in [0.2, 0.25) is 0 Å². The van der Waals surface area contributed by atoms with E-state index in [9.17, 15) is 9.59 Å². The zero-order valence-electron chi connectivity index (χ0n) is 17.0. The van der Waals surface area contributed by atoms with Crippen molar-refractivity contribution in [1.82, 2.24) is 0 Å². The molecule has 0 N–H and O–H groups in total. The number of benzene rings is 4. The lowest BCUT2D eigenvalue weighted by Crippen LogP contribution is -2.51. The van der Waals surface area contributed by atoms with Crippen LogP contribution in [-0.2, 0) is 9.49 Å². The molecule has 0 aromatic heterocycles. The summed E-state index contributed by atoms with van der Waals surface area (Å²) in [6.45, 7) is 0. The van der Waals surface area contributed by atoms with Gasteiger partial charge in [0, 0.05) is 20.9 Å². The molecule has 2 aliphatic rings. The fraction of sp³-hybridized carbons (Fsp3) is 0.0714. The fourth-order valence-corrected chi connectivity index (χ4v) is 8.25. The number of fused-ring (bicyclic) bond motifs is 2. The molecular weight excluding hydrogens is 432 g/mol. The third-order valence-electron chi connectivity index (χ3n) is 6.29. The summed E-state index contributed by atoms with van der Waals surface area (Å²) < 4.78 is -2.25. The van der Waals surface area contributed by atoms with Crippen molar-refractivity contribution in [3.63, 3.8) is 0 Å². The normalized spacial score (nSPS) is 23.8. The summed E-state index contributed by atoms with van der Waals surface area (Å²) in [5.41, 5.74) is 3.06. The molecule has 0 aliphatic carbocycles. The Labute approximate surface area is 195 Å². The van der Waals surface area contributed by atoms with E-state index in [0.29, 0.717) is 11.1 Å². The molecule has 4 aromatic rings. The minimum atomic E-state index is -1.12. The highest BCUT2D eigenvalue weighted by molar-refractivity contribution is 8.06. The first-order valence-corrected chi connectivity index (χ1v) is 12.1. The van der Waals surface area contributed by atoms with E-state index in [-0.39, 0.29) is 11.6 Å². The van der Waals surface area contributed by atoms with Crippen molar-refractivity contribution in [3.05, 3.63) is 131 Å². The van der Waals surface area contributed by atoms with E-state index < -0.39 is 9.49 Å². The predicted molar refractivity (Wildman–Crippen MR) is 129 cm³/mol. The molecular formula is C28H18O2S2. The van der Waals surface area contributed by atoms with Gasteiger partial charge in [-0.25, -0.2) is 0 Å². The number of carbonyl (C=O) groups is 2. The van der Waals surface area contributed by atoms with Crippen LogP contribution in [0.5, 0.6) is 0 Å². The van der Waals surface area contributed by atoms with Crippen LogP contribution in [0.25, 0.3) is 0 Å². The molecule has 6 rings (SSSR count). The summed E-state index contributed by atoms with van der Waals surface area (Å²) in [5, 5.41) is 0. The molecule has 2 nitrogen and oxygen atoms in total. The average molecular weight is 451 g/mol. The SMILES string of the molecule is O=C1c2ccccc2S[C@]1(c1ccccc1)[C@]1(c2ccccc2)Sc2ccccc2C1=O. The highest BCUT2D eigenvalue weighted by Crippen LogP contribution is 2.69. The summed E-state index contributed by atoms with van der Waals surface area (Å²) in [6, 6.07) is 35.0. The summed E-state index contributed by atoms with van der Waals surface area (Å²) in [4.78, 5) is 30.6. The molecule has 0 radical (unpaired) electrons. The summed E-state index contributed by atoms with van der Waals surface area (Å²) in [7, 11) is 0. The zero-order chi connectivity index (χ0) is 21.8. The molecule has 0 bridgehead atoms. The molecule has 4 aromatic carbocycles. The van der Waals surface area contributed by atoms with Crippen molar-refractivity contribution >= 4 is 35.1 Å². The molecule has 2 atom stereocenters. The first-order chi connectivity index (χ1) is 15.7. The van der Waals surface area contributed by atoms with Crippen molar-refractivity contribution in [1.29, 1.82) is 0 Å². The lowest BCUT2D eigenvalue weighted by molar-refractivity contribution is 0.0832. The van der Waals surface area contributed by atoms with Crippen LogP contribution in [0.1, 0.15) is 31.8 Å². The van der Waals surface area contributed by atoms with Crippen molar-refractivity contribution < 1.29 is 9.59 Å². The van der Waals surface area contributed by atoms with Gasteiger partial charge in [0.2, 0.25) is 0 Å². The maximum atomic E-state index is 14.4. The second-order valence-corrected chi connectivity index (χ2v) is 10.5. The van der Waals surface area contributed by atoms with Gasteiger partial charge >= 0.3 is 0 Å². The maximum absolute atomic E-state index is 14.4. The van der Waals surface area contributed by atoms with E-state index in [1.165, 1.54) is 23.5 Å². The van der Waals surface area contributed by atoms with E-state index in [2.05, 4.69) is 0 Å². The Morgan fingerprint density at radius 1 is 0.438 bits per heavy atom. The number of hydrogen-bond acceptors (Lipinski definition) is 4. The molecule has 0 saturated carbocycles. The quantitative estimate of drug-likeness (QED) is 0.346. The van der Waals surface area contributed by atoms with E-state index in [0.717, 1.165) is 20.9 Å². The van der Waals surface area contributed by atoms with Gasteiger partial charge in [-0.15, -0.1) is 23.5 Å². The van der Waals surface area contributed by atoms with Crippen LogP contribution in [-0.4, -0.2) is 11.6 Å². The van der Waals surface area contributed by atoms with Crippen molar-refractivity contribution in [3.8, 4) is 0 Å². The van der Waals surface area contributed by atoms with Crippen LogP contribution < -0.4 is 0 Å². The number of carbonyl (C=O) groups excluding carboxylic acids is 2. The van der Waals surface area contributed by atoms with Gasteiger partial charge in [0.25, 0.3) is 0 Å². The van der Waals surface area contributed by atoms with Gasteiger partial charge < -0.3 is 0 Å². The molecule has 2 heterocycles. The summed E-state index contributed by atoms with van der Waals surface area (Å²) in [5.74, 6) is -0.0244. The number of thioether (sulfide) groups is 2. The van der Waals surface area contributed by atoms with Crippen LogP contribution in [0.15, 0.2) is 119 Å². The molecule has 0 fully saturated rings. The average Bonchev–Trinajstić information content (AvgIpc) is 3.34. The van der Waals surface area contributed by atoms with Crippen molar-refractivity contribution in [2.24, 2.45) is 0 Å². The number of Topliss-reactive ketones (excluding diaryl/α,β-unsaturated/α-hetero) is 2. The Bertz CT molecular complexity index is 1260. The predicted octanol–water partition coefficient (Wildman–Crippen LogP) is 6.75. The molecule has 0 unspecified atom stereocenters.